The maximum Gasteiger partial charge on any atom is 0.244 e. The largest absolute Gasteiger partial charge is 0.323 e. The summed E-state index contributed by atoms with van der Waals surface area (Å²) >= 11 is 0. The van der Waals surface area contributed by atoms with Gasteiger partial charge in [0, 0.05) is 6.20 Å². The molecule has 3 rings (SSSR count). The molecule has 0 saturated heterocycles. The molecule has 0 aliphatic carbocycles. The molecule has 1 heterocycles. The van der Waals surface area contributed by atoms with Gasteiger partial charge in [-0.1, -0.05) is 42.5 Å². The van der Waals surface area contributed by atoms with Crippen LogP contribution in [0.3, 0.4) is 0 Å². The summed E-state index contributed by atoms with van der Waals surface area (Å²) in [5.74, 6) is -1.46. The van der Waals surface area contributed by atoms with E-state index in [1.54, 1.807) is 42.6 Å². The van der Waals surface area contributed by atoms with Crippen LogP contribution < -0.4 is 10.0 Å². The van der Waals surface area contributed by atoms with Crippen LogP contribution in [0.1, 0.15) is 5.56 Å². The summed E-state index contributed by atoms with van der Waals surface area (Å²) in [7, 11) is -4.25. The lowest BCUT2D eigenvalue weighted by atomic mass is 10.1. The number of amides is 1. The van der Waals surface area contributed by atoms with Gasteiger partial charge in [-0.25, -0.2) is 12.8 Å². The zero-order valence-electron chi connectivity index (χ0n) is 14.7. The zero-order valence-corrected chi connectivity index (χ0v) is 15.6. The van der Waals surface area contributed by atoms with Crippen LogP contribution in [0.15, 0.2) is 84.0 Å². The van der Waals surface area contributed by atoms with Crippen molar-refractivity contribution >= 4 is 21.6 Å². The van der Waals surface area contributed by atoms with Crippen LogP contribution in [0.5, 0.6) is 0 Å². The number of benzene rings is 2. The first-order valence-electron chi connectivity index (χ1n) is 8.47. The molecule has 6 nitrogen and oxygen atoms in total. The molecule has 0 spiro atoms. The summed E-state index contributed by atoms with van der Waals surface area (Å²) in [4.78, 5) is 16.2. The van der Waals surface area contributed by atoms with Crippen molar-refractivity contribution in [2.75, 3.05) is 5.32 Å². The number of nitrogens with one attached hydrogen (secondary N) is 2. The first-order chi connectivity index (χ1) is 13.5. The van der Waals surface area contributed by atoms with Gasteiger partial charge in [0.1, 0.15) is 16.8 Å². The maximum atomic E-state index is 14.0. The Kier molecular flexibility index (Phi) is 6.13. The number of anilines is 1. The van der Waals surface area contributed by atoms with E-state index in [0.29, 0.717) is 5.69 Å². The normalized spacial score (nSPS) is 12.3. The molecule has 0 radical (unpaired) electrons. The number of hydrogen-bond acceptors (Lipinski definition) is 4. The van der Waals surface area contributed by atoms with Gasteiger partial charge in [0.25, 0.3) is 0 Å². The predicted octanol–water partition coefficient (Wildman–Crippen LogP) is 2.75. The summed E-state index contributed by atoms with van der Waals surface area (Å²) < 4.78 is 41.6. The summed E-state index contributed by atoms with van der Waals surface area (Å²) in [5.41, 5.74) is 1.18. The minimum Gasteiger partial charge on any atom is -0.323 e. The van der Waals surface area contributed by atoms with Gasteiger partial charge in [0.2, 0.25) is 15.9 Å². The second-order valence-corrected chi connectivity index (χ2v) is 7.71. The smallest absolute Gasteiger partial charge is 0.244 e. The van der Waals surface area contributed by atoms with Crippen LogP contribution in [-0.2, 0) is 21.2 Å². The van der Waals surface area contributed by atoms with E-state index in [9.17, 15) is 17.6 Å². The molecule has 0 saturated carbocycles. The first-order valence-corrected chi connectivity index (χ1v) is 9.96. The average Bonchev–Trinajstić information content (AvgIpc) is 2.69. The molecule has 0 aliphatic heterocycles. The van der Waals surface area contributed by atoms with Crippen LogP contribution in [0.25, 0.3) is 0 Å². The Morgan fingerprint density at radius 3 is 2.39 bits per heavy atom. The minimum atomic E-state index is -4.25. The molecule has 144 valence electrons. The number of carbonyl (C=O) groups is 1. The lowest BCUT2D eigenvalue weighted by Crippen LogP contribution is -2.45. The number of rotatable bonds is 7. The topological polar surface area (TPSA) is 88.2 Å². The second-order valence-electron chi connectivity index (χ2n) is 6.02. The Morgan fingerprint density at radius 2 is 1.71 bits per heavy atom. The average molecular weight is 399 g/mol. The number of carbonyl (C=O) groups excluding carboxylic acids is 1. The molecular formula is C20H18FN3O3S. The molecule has 8 heteroatoms. The van der Waals surface area contributed by atoms with Gasteiger partial charge < -0.3 is 5.32 Å². The van der Waals surface area contributed by atoms with Crippen molar-refractivity contribution in [3.8, 4) is 0 Å². The van der Waals surface area contributed by atoms with Crippen molar-refractivity contribution in [2.45, 2.75) is 17.4 Å². The van der Waals surface area contributed by atoms with Gasteiger partial charge in [0.15, 0.2) is 0 Å². The van der Waals surface area contributed by atoms with Crippen molar-refractivity contribution < 1.29 is 17.6 Å². The monoisotopic (exact) mass is 399 g/mol. The van der Waals surface area contributed by atoms with Crippen LogP contribution in [0.4, 0.5) is 10.1 Å². The third-order valence-electron chi connectivity index (χ3n) is 3.95. The summed E-state index contributed by atoms with van der Waals surface area (Å²) in [6.45, 7) is 0. The highest BCUT2D eigenvalue weighted by Gasteiger charge is 2.28. The molecule has 1 amide bonds. The van der Waals surface area contributed by atoms with Crippen LogP contribution >= 0.6 is 0 Å². The van der Waals surface area contributed by atoms with Crippen LogP contribution in [-0.4, -0.2) is 25.4 Å². The highest BCUT2D eigenvalue weighted by atomic mass is 32.2. The Labute approximate surface area is 162 Å². The highest BCUT2D eigenvalue weighted by Crippen LogP contribution is 2.16. The second kappa shape index (κ2) is 8.73. The van der Waals surface area contributed by atoms with Gasteiger partial charge in [0.05, 0.1) is 11.9 Å². The Bertz CT molecular complexity index is 1040. The third-order valence-corrected chi connectivity index (χ3v) is 5.46. The van der Waals surface area contributed by atoms with Crippen molar-refractivity contribution in [1.82, 2.24) is 9.71 Å². The molecular weight excluding hydrogens is 381 g/mol. The fourth-order valence-corrected chi connectivity index (χ4v) is 3.89. The minimum absolute atomic E-state index is 0.0978. The molecule has 1 atom stereocenters. The molecule has 3 aromatic rings. The molecule has 0 bridgehead atoms. The van der Waals surface area contributed by atoms with E-state index in [1.165, 1.54) is 18.3 Å². The van der Waals surface area contributed by atoms with E-state index in [0.717, 1.165) is 17.7 Å². The molecule has 2 aromatic carbocycles. The third kappa shape index (κ3) is 4.99. The van der Waals surface area contributed by atoms with Gasteiger partial charge in [-0.3, -0.25) is 9.78 Å². The SMILES string of the molecule is O=C(Nc1cccnc1)C(Cc1ccccc1)NS(=O)(=O)c1ccccc1F. The quantitative estimate of drug-likeness (QED) is 0.639. The lowest BCUT2D eigenvalue weighted by Gasteiger charge is -2.19. The van der Waals surface area contributed by atoms with E-state index < -0.39 is 32.7 Å². The fourth-order valence-electron chi connectivity index (χ4n) is 2.62. The van der Waals surface area contributed by atoms with E-state index in [1.807, 2.05) is 6.07 Å². The van der Waals surface area contributed by atoms with Gasteiger partial charge in [-0.05, 0) is 36.2 Å². The molecule has 1 aromatic heterocycles. The fraction of sp³-hybridized carbons (Fsp3) is 0.100. The van der Waals surface area contributed by atoms with Crippen LogP contribution in [0, 0.1) is 5.82 Å². The van der Waals surface area contributed by atoms with Gasteiger partial charge >= 0.3 is 0 Å². The molecule has 1 unspecified atom stereocenters. The van der Waals surface area contributed by atoms with Crippen molar-refractivity contribution in [2.24, 2.45) is 0 Å². The van der Waals surface area contributed by atoms with Crippen molar-refractivity contribution in [3.05, 3.63) is 90.5 Å². The summed E-state index contributed by atoms with van der Waals surface area (Å²) in [6, 6.07) is 16.1. The van der Waals surface area contributed by atoms with Crippen LogP contribution in [0.2, 0.25) is 0 Å². The first kappa shape index (κ1) is 19.7. The van der Waals surface area contributed by atoms with Gasteiger partial charge in [-0.15, -0.1) is 0 Å². The van der Waals surface area contributed by atoms with Crippen molar-refractivity contribution in [1.29, 1.82) is 0 Å². The van der Waals surface area contributed by atoms with Gasteiger partial charge in [-0.2, -0.15) is 4.72 Å². The van der Waals surface area contributed by atoms with E-state index in [4.69, 9.17) is 0 Å². The molecule has 2 N–H and O–H groups in total. The van der Waals surface area contributed by atoms with Crippen molar-refractivity contribution in [3.63, 3.8) is 0 Å². The number of sulfonamides is 1. The Hall–Kier alpha value is -3.10. The van der Waals surface area contributed by atoms with E-state index >= 15 is 0 Å². The van der Waals surface area contributed by atoms with E-state index in [-0.39, 0.29) is 6.42 Å². The molecule has 0 fully saturated rings. The number of pyridine rings is 1. The lowest BCUT2D eigenvalue weighted by molar-refractivity contribution is -0.117. The summed E-state index contributed by atoms with van der Waals surface area (Å²) in [6.07, 6.45) is 3.10. The number of hydrogen-bond donors (Lipinski definition) is 2. The standard InChI is InChI=1S/C20H18FN3O3S/c21-17-10-4-5-11-19(17)28(26,27)24-18(13-15-7-2-1-3-8-15)20(25)23-16-9-6-12-22-14-16/h1-12,14,18,24H,13H2,(H,23,25). The van der Waals surface area contributed by atoms with E-state index in [2.05, 4.69) is 15.0 Å². The number of nitrogens with zero attached hydrogens (tertiary/aromatic N) is 1. The number of halogens is 1. The Morgan fingerprint density at radius 1 is 1.00 bits per heavy atom. The Balaban J connectivity index is 1.87. The maximum absolute atomic E-state index is 14.0. The highest BCUT2D eigenvalue weighted by molar-refractivity contribution is 7.89. The zero-order chi connectivity index (χ0) is 20.0. The molecule has 0 aliphatic rings. The summed E-state index contributed by atoms with van der Waals surface area (Å²) in [5, 5.41) is 2.63. The molecule has 28 heavy (non-hydrogen) atoms. The number of aromatic nitrogens is 1. The predicted molar refractivity (Wildman–Crippen MR) is 104 cm³/mol.